The van der Waals surface area contributed by atoms with Gasteiger partial charge in [-0.25, -0.2) is 8.42 Å². The van der Waals surface area contributed by atoms with Gasteiger partial charge in [0.1, 0.15) is 0 Å². The summed E-state index contributed by atoms with van der Waals surface area (Å²) in [6.45, 7) is 3.85. The second-order valence-electron chi connectivity index (χ2n) is 5.82. The molecular formula is C15H21N3O4S. The molecule has 1 aliphatic rings. The summed E-state index contributed by atoms with van der Waals surface area (Å²) >= 11 is 0. The summed E-state index contributed by atoms with van der Waals surface area (Å²) in [5.74, 6) is -0.656. The lowest BCUT2D eigenvalue weighted by Gasteiger charge is -2.13. The molecule has 2 N–H and O–H groups in total. The van der Waals surface area contributed by atoms with Gasteiger partial charge < -0.3 is 10.6 Å². The van der Waals surface area contributed by atoms with E-state index in [1.54, 1.807) is 0 Å². The highest BCUT2D eigenvalue weighted by Crippen LogP contribution is 2.12. The molecule has 7 nitrogen and oxygen atoms in total. The van der Waals surface area contributed by atoms with E-state index >= 15 is 0 Å². The van der Waals surface area contributed by atoms with Crippen LogP contribution in [-0.4, -0.2) is 48.8 Å². The Hall–Kier alpha value is -1.96. The summed E-state index contributed by atoms with van der Waals surface area (Å²) in [6.07, 6.45) is 3.97. The molecule has 1 aromatic heterocycles. The van der Waals surface area contributed by atoms with Crippen LogP contribution in [0.3, 0.4) is 0 Å². The summed E-state index contributed by atoms with van der Waals surface area (Å²) < 4.78 is 22.8. The van der Waals surface area contributed by atoms with Gasteiger partial charge in [0.15, 0.2) is 9.84 Å². The van der Waals surface area contributed by atoms with Crippen molar-refractivity contribution in [3.63, 3.8) is 0 Å². The summed E-state index contributed by atoms with van der Waals surface area (Å²) in [6, 6.07) is 1.11. The minimum Gasteiger partial charge on any atom is -0.350 e. The fourth-order valence-electron chi connectivity index (χ4n) is 2.28. The molecule has 23 heavy (non-hydrogen) atoms. The van der Waals surface area contributed by atoms with Gasteiger partial charge in [-0.05, 0) is 25.8 Å². The monoisotopic (exact) mass is 339 g/mol. The Bertz CT molecular complexity index is 702. The van der Waals surface area contributed by atoms with Crippen molar-refractivity contribution in [2.75, 3.05) is 11.5 Å². The van der Waals surface area contributed by atoms with E-state index in [1.807, 2.05) is 13.8 Å². The van der Waals surface area contributed by atoms with Crippen LogP contribution in [0.25, 0.3) is 0 Å². The van der Waals surface area contributed by atoms with E-state index in [4.69, 9.17) is 0 Å². The number of carbonyl (C=O) groups excluding carboxylic acids is 2. The third-order valence-electron chi connectivity index (χ3n) is 3.82. The van der Waals surface area contributed by atoms with Crippen LogP contribution in [0.1, 0.15) is 47.4 Å². The fraction of sp³-hybridized carbons (Fsp3) is 0.533. The minimum atomic E-state index is -3.06. The molecule has 0 bridgehead atoms. The Morgan fingerprint density at radius 3 is 2.52 bits per heavy atom. The lowest BCUT2D eigenvalue weighted by molar-refractivity contribution is 0.0938. The van der Waals surface area contributed by atoms with Crippen molar-refractivity contribution in [2.45, 2.75) is 38.8 Å². The zero-order chi connectivity index (χ0) is 17.0. The zero-order valence-electron chi connectivity index (χ0n) is 13.2. The number of nitrogens with one attached hydrogen (secondary N) is 2. The molecule has 1 fully saturated rings. The summed E-state index contributed by atoms with van der Waals surface area (Å²) in [5.41, 5.74) is 0.545. The van der Waals surface area contributed by atoms with Crippen LogP contribution in [0, 0.1) is 0 Å². The van der Waals surface area contributed by atoms with Crippen LogP contribution in [0.5, 0.6) is 0 Å². The van der Waals surface area contributed by atoms with Gasteiger partial charge in [-0.2, -0.15) is 0 Å². The van der Waals surface area contributed by atoms with Crippen LogP contribution >= 0.6 is 0 Å². The smallest absolute Gasteiger partial charge is 0.253 e. The minimum absolute atomic E-state index is 0.0312. The molecule has 0 radical (unpaired) electrons. The second kappa shape index (κ2) is 7.08. The topological polar surface area (TPSA) is 105 Å². The highest BCUT2D eigenvalue weighted by Gasteiger charge is 2.29. The normalized spacial score (nSPS) is 20.7. The first-order valence-corrected chi connectivity index (χ1v) is 9.40. The molecule has 8 heteroatoms. The maximum absolute atomic E-state index is 12.2. The quantitative estimate of drug-likeness (QED) is 0.814. The van der Waals surface area contributed by atoms with Crippen LogP contribution in [0.15, 0.2) is 18.5 Å². The number of hydrogen-bond donors (Lipinski definition) is 2. The molecule has 126 valence electrons. The number of hydrogen-bond acceptors (Lipinski definition) is 5. The van der Waals surface area contributed by atoms with Gasteiger partial charge in [-0.15, -0.1) is 0 Å². The summed E-state index contributed by atoms with van der Waals surface area (Å²) in [5, 5.41) is 5.48. The van der Waals surface area contributed by atoms with Crippen LogP contribution in [-0.2, 0) is 9.84 Å². The van der Waals surface area contributed by atoms with E-state index in [9.17, 15) is 18.0 Å². The summed E-state index contributed by atoms with van der Waals surface area (Å²) in [4.78, 5) is 28.2. The Balaban J connectivity index is 2.04. The Kier molecular flexibility index (Phi) is 5.35. The van der Waals surface area contributed by atoms with Crippen molar-refractivity contribution in [1.82, 2.24) is 15.6 Å². The van der Waals surface area contributed by atoms with Gasteiger partial charge in [-0.3, -0.25) is 14.6 Å². The molecule has 2 rings (SSSR count). The van der Waals surface area contributed by atoms with E-state index in [0.717, 1.165) is 6.42 Å². The molecule has 2 heterocycles. The number of amides is 2. The highest BCUT2D eigenvalue weighted by atomic mass is 32.2. The molecule has 2 unspecified atom stereocenters. The zero-order valence-corrected chi connectivity index (χ0v) is 14.0. The SMILES string of the molecule is CCC(C)NC(=O)c1cncc(C(=O)NC2CCS(=O)(=O)C2)c1. The average Bonchev–Trinajstić information content (AvgIpc) is 2.85. The fourth-order valence-corrected chi connectivity index (χ4v) is 3.95. The third-order valence-corrected chi connectivity index (χ3v) is 5.59. The molecule has 1 aromatic rings. The first kappa shape index (κ1) is 17.4. The van der Waals surface area contributed by atoms with Gasteiger partial charge >= 0.3 is 0 Å². The number of pyridine rings is 1. The molecule has 2 atom stereocenters. The standard InChI is InChI=1S/C15H21N3O4S/c1-3-10(2)17-14(19)11-6-12(8-16-7-11)15(20)18-13-4-5-23(21,22)9-13/h6-8,10,13H,3-5,9H2,1-2H3,(H,17,19)(H,18,20). The third kappa shape index (κ3) is 4.75. The van der Waals surface area contributed by atoms with Crippen molar-refractivity contribution in [1.29, 1.82) is 0 Å². The number of sulfone groups is 1. The van der Waals surface area contributed by atoms with E-state index < -0.39 is 15.7 Å². The van der Waals surface area contributed by atoms with Gasteiger partial charge in [0.2, 0.25) is 0 Å². The number of nitrogens with zero attached hydrogens (tertiary/aromatic N) is 1. The molecule has 1 saturated heterocycles. The first-order chi connectivity index (χ1) is 10.8. The molecule has 0 saturated carbocycles. The van der Waals surface area contributed by atoms with Gasteiger partial charge in [0.05, 0.1) is 22.6 Å². The van der Waals surface area contributed by atoms with Crippen molar-refractivity contribution in [3.8, 4) is 0 Å². The second-order valence-corrected chi connectivity index (χ2v) is 8.05. The average molecular weight is 339 g/mol. The highest BCUT2D eigenvalue weighted by molar-refractivity contribution is 7.91. The molecule has 1 aliphatic heterocycles. The lowest BCUT2D eigenvalue weighted by Crippen LogP contribution is -2.36. The maximum atomic E-state index is 12.2. The van der Waals surface area contributed by atoms with Crippen LogP contribution in [0.2, 0.25) is 0 Å². The first-order valence-electron chi connectivity index (χ1n) is 7.58. The van der Waals surface area contributed by atoms with E-state index in [1.165, 1.54) is 18.5 Å². The number of aromatic nitrogens is 1. The Morgan fingerprint density at radius 1 is 1.30 bits per heavy atom. The maximum Gasteiger partial charge on any atom is 0.253 e. The summed E-state index contributed by atoms with van der Waals surface area (Å²) in [7, 11) is -3.06. The number of rotatable bonds is 5. The number of carbonyl (C=O) groups is 2. The molecule has 0 aromatic carbocycles. The van der Waals surface area contributed by atoms with Gasteiger partial charge in [0.25, 0.3) is 11.8 Å². The van der Waals surface area contributed by atoms with E-state index in [0.29, 0.717) is 12.0 Å². The predicted octanol–water partition coefficient (Wildman–Crippen LogP) is 0.527. The van der Waals surface area contributed by atoms with Crippen molar-refractivity contribution >= 4 is 21.7 Å². The Labute approximate surface area is 135 Å². The van der Waals surface area contributed by atoms with Crippen LogP contribution in [0.4, 0.5) is 0 Å². The van der Waals surface area contributed by atoms with Gasteiger partial charge in [0, 0.05) is 24.5 Å². The molecule has 0 aliphatic carbocycles. The van der Waals surface area contributed by atoms with E-state index in [2.05, 4.69) is 15.6 Å². The van der Waals surface area contributed by atoms with Crippen LogP contribution < -0.4 is 10.6 Å². The lowest BCUT2D eigenvalue weighted by atomic mass is 10.1. The van der Waals surface area contributed by atoms with E-state index in [-0.39, 0.29) is 35.1 Å². The van der Waals surface area contributed by atoms with Crippen molar-refractivity contribution < 1.29 is 18.0 Å². The molecule has 2 amide bonds. The largest absolute Gasteiger partial charge is 0.350 e. The van der Waals surface area contributed by atoms with Crippen molar-refractivity contribution in [2.24, 2.45) is 0 Å². The van der Waals surface area contributed by atoms with Gasteiger partial charge in [-0.1, -0.05) is 6.92 Å². The molecule has 0 spiro atoms. The van der Waals surface area contributed by atoms with Crippen molar-refractivity contribution in [3.05, 3.63) is 29.6 Å². The Morgan fingerprint density at radius 2 is 1.96 bits per heavy atom. The predicted molar refractivity (Wildman–Crippen MR) is 86.0 cm³/mol. The molecular weight excluding hydrogens is 318 g/mol.